The molecule has 0 spiro atoms. The zero-order valence-corrected chi connectivity index (χ0v) is 6.76. The van der Waals surface area contributed by atoms with E-state index in [-0.39, 0.29) is 5.41 Å². The van der Waals surface area contributed by atoms with E-state index in [1.165, 1.54) is 0 Å². The zero-order valence-electron chi connectivity index (χ0n) is 6.76. The smallest absolute Gasteiger partial charge is 0.0841 e. The Bertz CT molecular complexity index is 196. The van der Waals surface area contributed by atoms with Crippen molar-refractivity contribution in [1.82, 2.24) is 0 Å². The van der Waals surface area contributed by atoms with Gasteiger partial charge in [0.1, 0.15) is 6.17 Å². The first-order valence-corrected chi connectivity index (χ1v) is 3.11. The highest BCUT2D eigenvalue weighted by molar-refractivity contribution is 4.78. The highest BCUT2D eigenvalue weighted by atomic mass is 15.3. The second-order valence-electron chi connectivity index (χ2n) is 3.15. The molecule has 0 atom stereocenters. The lowest BCUT2D eigenvalue weighted by Gasteiger charge is -2.21. The average Bonchev–Trinajstić information content (AvgIpc) is 1.85. The number of rotatable bonds is 2. The summed E-state index contributed by atoms with van der Waals surface area (Å²) in [6.45, 7) is 5.50. The van der Waals surface area contributed by atoms with Gasteiger partial charge in [0.25, 0.3) is 0 Å². The molecule has 0 aromatic rings. The molecule has 0 aliphatic rings. The summed E-state index contributed by atoms with van der Waals surface area (Å²) in [7, 11) is 0. The van der Waals surface area contributed by atoms with Gasteiger partial charge in [-0.25, -0.2) is 0 Å². The topological polar surface area (TPSA) is 97.5 Å². The summed E-state index contributed by atoms with van der Waals surface area (Å²) in [4.78, 5) is 5.16. The fourth-order valence-corrected chi connectivity index (χ4v) is 0.467. The summed E-state index contributed by atoms with van der Waals surface area (Å²) in [5, 5.41) is 6.69. The molecule has 0 radical (unpaired) electrons. The lowest BCUT2D eigenvalue weighted by atomic mass is 9.93. The molecule has 0 rings (SSSR count). The van der Waals surface area contributed by atoms with Crippen LogP contribution in [0.3, 0.4) is 0 Å². The monoisotopic (exact) mass is 154 g/mol. The Morgan fingerprint density at radius 3 is 1.64 bits per heavy atom. The maximum Gasteiger partial charge on any atom is 0.120 e. The zero-order chi connectivity index (χ0) is 8.91. The molecule has 0 fully saturated rings. The largest absolute Gasteiger partial charge is 0.120 e. The van der Waals surface area contributed by atoms with Crippen LogP contribution in [0.2, 0.25) is 0 Å². The second kappa shape index (κ2) is 3.71. The van der Waals surface area contributed by atoms with Crippen LogP contribution >= 0.6 is 0 Å². The van der Waals surface area contributed by atoms with Gasteiger partial charge in [-0.15, -0.1) is 0 Å². The van der Waals surface area contributed by atoms with E-state index in [0.717, 1.165) is 0 Å². The van der Waals surface area contributed by atoms with E-state index in [9.17, 15) is 0 Å². The Hall–Kier alpha value is -1.38. The van der Waals surface area contributed by atoms with Gasteiger partial charge in [0.15, 0.2) is 0 Å². The van der Waals surface area contributed by atoms with Crippen LogP contribution in [0.25, 0.3) is 20.9 Å². The van der Waals surface area contributed by atoms with Gasteiger partial charge in [-0.05, 0) is 16.5 Å². The van der Waals surface area contributed by atoms with E-state index in [1.807, 2.05) is 20.8 Å². The minimum absolute atomic E-state index is 0.321. The maximum atomic E-state index is 8.10. The third-order valence-electron chi connectivity index (χ3n) is 1.10. The Morgan fingerprint density at radius 1 is 1.09 bits per heavy atom. The molecule has 0 heterocycles. The van der Waals surface area contributed by atoms with Crippen molar-refractivity contribution in [3.05, 3.63) is 20.9 Å². The molecule has 0 aromatic carbocycles. The number of hydrogen-bond acceptors (Lipinski definition) is 2. The SMILES string of the molecule is CC(C)(C)C(N=[N+]=[N-])N=[N+]=[N-]. The van der Waals surface area contributed by atoms with Gasteiger partial charge in [0, 0.05) is 9.82 Å². The fourth-order valence-electron chi connectivity index (χ4n) is 0.467. The summed E-state index contributed by atoms with van der Waals surface area (Å²) in [5.74, 6) is 0. The normalized spacial score (nSPS) is 12.6. The van der Waals surface area contributed by atoms with Crippen LogP contribution in [-0.4, -0.2) is 6.17 Å². The molecule has 60 valence electrons. The van der Waals surface area contributed by atoms with Crippen LogP contribution in [0, 0.1) is 5.41 Å². The van der Waals surface area contributed by atoms with Gasteiger partial charge in [-0.3, -0.25) is 0 Å². The van der Waals surface area contributed by atoms with Crippen molar-refractivity contribution in [3.8, 4) is 0 Å². The molecular formula is C5H10N6. The van der Waals surface area contributed by atoms with Crippen molar-refractivity contribution in [2.45, 2.75) is 26.9 Å². The van der Waals surface area contributed by atoms with Crippen molar-refractivity contribution >= 4 is 0 Å². The van der Waals surface area contributed by atoms with Gasteiger partial charge in [-0.1, -0.05) is 31.0 Å². The quantitative estimate of drug-likeness (QED) is 0.332. The van der Waals surface area contributed by atoms with Gasteiger partial charge < -0.3 is 0 Å². The summed E-state index contributed by atoms with van der Waals surface area (Å²) in [5.41, 5.74) is 15.9. The third kappa shape index (κ3) is 3.35. The van der Waals surface area contributed by atoms with E-state index in [4.69, 9.17) is 11.1 Å². The highest BCUT2D eigenvalue weighted by Gasteiger charge is 2.21. The highest BCUT2D eigenvalue weighted by Crippen LogP contribution is 2.23. The molecule has 6 heteroatoms. The second-order valence-corrected chi connectivity index (χ2v) is 3.15. The molecular weight excluding hydrogens is 144 g/mol. The molecule has 0 aliphatic heterocycles. The lowest BCUT2D eigenvalue weighted by Crippen LogP contribution is -2.20. The van der Waals surface area contributed by atoms with Crippen molar-refractivity contribution in [1.29, 1.82) is 0 Å². The molecule has 0 bridgehead atoms. The standard InChI is InChI=1S/C5H10N6/c1-5(2,3)4(8-10-6)9-11-7/h4H,1-3H3. The summed E-state index contributed by atoms with van der Waals surface area (Å²) >= 11 is 0. The van der Waals surface area contributed by atoms with E-state index in [1.54, 1.807) is 0 Å². The number of hydrogen-bond donors (Lipinski definition) is 0. The van der Waals surface area contributed by atoms with Gasteiger partial charge >= 0.3 is 0 Å². The molecule has 0 saturated carbocycles. The molecule has 6 nitrogen and oxygen atoms in total. The Balaban J connectivity index is 4.60. The molecule has 0 amide bonds. The predicted octanol–water partition coefficient (Wildman–Crippen LogP) is 2.98. The summed E-state index contributed by atoms with van der Waals surface area (Å²) in [6, 6.07) is 0. The maximum absolute atomic E-state index is 8.10. The third-order valence-corrected chi connectivity index (χ3v) is 1.10. The summed E-state index contributed by atoms with van der Waals surface area (Å²) in [6.07, 6.45) is -0.655. The van der Waals surface area contributed by atoms with Crippen LogP contribution in [0.1, 0.15) is 20.8 Å². The fraction of sp³-hybridized carbons (Fsp3) is 1.00. The minimum Gasteiger partial charge on any atom is -0.0841 e. The molecule has 0 aliphatic carbocycles. The average molecular weight is 154 g/mol. The predicted molar refractivity (Wildman–Crippen MR) is 41.5 cm³/mol. The Morgan fingerprint density at radius 2 is 1.45 bits per heavy atom. The van der Waals surface area contributed by atoms with Crippen LogP contribution in [0.15, 0.2) is 10.2 Å². The van der Waals surface area contributed by atoms with Crippen molar-refractivity contribution in [2.24, 2.45) is 15.6 Å². The van der Waals surface area contributed by atoms with Crippen LogP contribution in [-0.2, 0) is 0 Å². The van der Waals surface area contributed by atoms with Gasteiger partial charge in [0.05, 0.1) is 0 Å². The van der Waals surface area contributed by atoms with E-state index in [0.29, 0.717) is 0 Å². The lowest BCUT2D eigenvalue weighted by molar-refractivity contribution is 0.326. The van der Waals surface area contributed by atoms with Gasteiger partial charge in [0.2, 0.25) is 0 Å². The molecule has 0 aromatic heterocycles. The first-order chi connectivity index (χ1) is 5.02. The Labute approximate surface area is 64.5 Å². The van der Waals surface area contributed by atoms with Crippen molar-refractivity contribution in [3.63, 3.8) is 0 Å². The first kappa shape index (κ1) is 9.62. The van der Waals surface area contributed by atoms with E-state index in [2.05, 4.69) is 20.1 Å². The van der Waals surface area contributed by atoms with Crippen LogP contribution in [0.4, 0.5) is 0 Å². The van der Waals surface area contributed by atoms with E-state index >= 15 is 0 Å². The molecule has 0 unspecified atom stereocenters. The van der Waals surface area contributed by atoms with Gasteiger partial charge in [-0.2, -0.15) is 0 Å². The van der Waals surface area contributed by atoms with Crippen LogP contribution in [0.5, 0.6) is 0 Å². The molecule has 0 N–H and O–H groups in total. The minimum atomic E-state index is -0.655. The first-order valence-electron chi connectivity index (χ1n) is 3.11. The Kier molecular flexibility index (Phi) is 3.24. The van der Waals surface area contributed by atoms with E-state index < -0.39 is 6.17 Å². The van der Waals surface area contributed by atoms with Crippen molar-refractivity contribution < 1.29 is 0 Å². The number of azide groups is 1. The summed E-state index contributed by atoms with van der Waals surface area (Å²) < 4.78 is 0. The van der Waals surface area contributed by atoms with Crippen molar-refractivity contribution in [2.75, 3.05) is 0 Å². The molecule has 0 saturated heterocycles. The molecule has 11 heavy (non-hydrogen) atoms. The number of nitrogens with zero attached hydrogens (tertiary/aromatic N) is 6. The van der Waals surface area contributed by atoms with Crippen LogP contribution < -0.4 is 0 Å².